The molecule has 7 nitrogen and oxygen atoms in total. The van der Waals surface area contributed by atoms with E-state index in [4.69, 9.17) is 21.1 Å². The minimum Gasteiger partial charge on any atom is -0.494 e. The SMILES string of the molecule is COc1ccc(Cc2cc([C@@H]3OC(CO)(CO)[C@@H](O)[C@H](O)C3O)ccc2Cl)c(F)c1F. The Morgan fingerprint density at radius 2 is 1.68 bits per heavy atom. The molecule has 0 aromatic heterocycles. The van der Waals surface area contributed by atoms with Crippen LogP contribution >= 0.6 is 11.6 Å². The van der Waals surface area contributed by atoms with Crippen LogP contribution in [-0.4, -0.2) is 69.8 Å². The van der Waals surface area contributed by atoms with Gasteiger partial charge in [0.25, 0.3) is 0 Å². The van der Waals surface area contributed by atoms with Crippen molar-refractivity contribution in [3.63, 3.8) is 0 Å². The number of rotatable bonds is 6. The van der Waals surface area contributed by atoms with Crippen LogP contribution < -0.4 is 4.74 Å². The van der Waals surface area contributed by atoms with Gasteiger partial charge in [0.15, 0.2) is 11.6 Å². The lowest BCUT2D eigenvalue weighted by atomic mass is 9.83. The summed E-state index contributed by atoms with van der Waals surface area (Å²) < 4.78 is 38.8. The summed E-state index contributed by atoms with van der Waals surface area (Å²) in [6.07, 6.45) is -6.39. The van der Waals surface area contributed by atoms with Gasteiger partial charge in [-0.1, -0.05) is 29.8 Å². The Morgan fingerprint density at radius 1 is 1.00 bits per heavy atom. The first-order chi connectivity index (χ1) is 14.7. The molecule has 4 atom stereocenters. The smallest absolute Gasteiger partial charge is 0.200 e. The Bertz CT molecular complexity index is 938. The van der Waals surface area contributed by atoms with Crippen LogP contribution in [0.1, 0.15) is 22.8 Å². The van der Waals surface area contributed by atoms with Gasteiger partial charge in [-0.2, -0.15) is 4.39 Å². The van der Waals surface area contributed by atoms with E-state index in [0.29, 0.717) is 11.1 Å². The van der Waals surface area contributed by atoms with Crippen LogP contribution in [0, 0.1) is 11.6 Å². The van der Waals surface area contributed by atoms with Gasteiger partial charge in [-0.15, -0.1) is 0 Å². The molecule has 10 heteroatoms. The van der Waals surface area contributed by atoms with E-state index in [0.717, 1.165) is 0 Å². The Kier molecular flexibility index (Phi) is 7.17. The first-order valence-electron chi connectivity index (χ1n) is 9.42. The van der Waals surface area contributed by atoms with E-state index in [-0.39, 0.29) is 22.8 Å². The Morgan fingerprint density at radius 3 is 2.29 bits per heavy atom. The maximum absolute atomic E-state index is 14.4. The van der Waals surface area contributed by atoms with E-state index in [1.165, 1.54) is 37.4 Å². The molecular weight excluding hydrogens is 438 g/mol. The fourth-order valence-corrected chi connectivity index (χ4v) is 3.81. The van der Waals surface area contributed by atoms with Crippen LogP contribution in [0.2, 0.25) is 5.02 Å². The van der Waals surface area contributed by atoms with Crippen LogP contribution in [0.15, 0.2) is 30.3 Å². The maximum atomic E-state index is 14.4. The van der Waals surface area contributed by atoms with E-state index in [9.17, 15) is 34.3 Å². The topological polar surface area (TPSA) is 120 Å². The molecule has 31 heavy (non-hydrogen) atoms. The van der Waals surface area contributed by atoms with Gasteiger partial charge < -0.3 is 35.0 Å². The first kappa shape index (κ1) is 23.8. The van der Waals surface area contributed by atoms with Gasteiger partial charge in [0.05, 0.1) is 20.3 Å². The number of aliphatic hydroxyl groups is 5. The largest absolute Gasteiger partial charge is 0.494 e. The van der Waals surface area contributed by atoms with Gasteiger partial charge in [0, 0.05) is 11.4 Å². The highest BCUT2D eigenvalue weighted by Crippen LogP contribution is 2.39. The summed E-state index contributed by atoms with van der Waals surface area (Å²) in [5.41, 5.74) is -1.23. The summed E-state index contributed by atoms with van der Waals surface area (Å²) in [5.74, 6) is -2.46. The zero-order chi connectivity index (χ0) is 22.9. The summed E-state index contributed by atoms with van der Waals surface area (Å²) >= 11 is 6.22. The van der Waals surface area contributed by atoms with Gasteiger partial charge in [0.2, 0.25) is 5.82 Å². The third-order valence-electron chi connectivity index (χ3n) is 5.55. The van der Waals surface area contributed by atoms with Crippen LogP contribution in [0.3, 0.4) is 0 Å². The summed E-state index contributed by atoms with van der Waals surface area (Å²) in [4.78, 5) is 0. The van der Waals surface area contributed by atoms with Gasteiger partial charge >= 0.3 is 0 Å². The quantitative estimate of drug-likeness (QED) is 0.438. The molecule has 1 fully saturated rings. The predicted octanol–water partition coefficient (Wildman–Crippen LogP) is 1.09. The molecule has 1 saturated heterocycles. The zero-order valence-electron chi connectivity index (χ0n) is 16.5. The number of hydrogen-bond donors (Lipinski definition) is 5. The van der Waals surface area contributed by atoms with Crippen LogP contribution in [0.5, 0.6) is 5.75 Å². The summed E-state index contributed by atoms with van der Waals surface area (Å²) in [6, 6.07) is 7.05. The van der Waals surface area contributed by atoms with E-state index in [1.54, 1.807) is 0 Å². The van der Waals surface area contributed by atoms with Crippen LogP contribution in [-0.2, 0) is 11.2 Å². The van der Waals surface area contributed by atoms with E-state index in [1.807, 2.05) is 0 Å². The molecule has 0 amide bonds. The van der Waals surface area contributed by atoms with Gasteiger partial charge in [-0.25, -0.2) is 4.39 Å². The maximum Gasteiger partial charge on any atom is 0.200 e. The summed E-state index contributed by atoms with van der Waals surface area (Å²) in [6.45, 7) is -1.64. The molecule has 0 spiro atoms. The highest BCUT2D eigenvalue weighted by atomic mass is 35.5. The van der Waals surface area contributed by atoms with Crippen molar-refractivity contribution in [2.24, 2.45) is 0 Å². The molecule has 1 aliphatic heterocycles. The highest BCUT2D eigenvalue weighted by molar-refractivity contribution is 6.31. The molecule has 0 radical (unpaired) electrons. The molecule has 1 aliphatic rings. The van der Waals surface area contributed by atoms with Crippen molar-refractivity contribution in [1.82, 2.24) is 0 Å². The van der Waals surface area contributed by atoms with Crippen molar-refractivity contribution in [2.45, 2.75) is 36.4 Å². The summed E-state index contributed by atoms with van der Waals surface area (Å²) in [5, 5.41) is 50.3. The third-order valence-corrected chi connectivity index (χ3v) is 5.91. The minimum atomic E-state index is -1.91. The lowest BCUT2D eigenvalue weighted by molar-refractivity contribution is -0.289. The number of ether oxygens (including phenoxy) is 2. The molecule has 0 aliphatic carbocycles. The first-order valence-corrected chi connectivity index (χ1v) is 9.79. The molecule has 3 rings (SSSR count). The molecule has 1 unspecified atom stereocenters. The second-order valence-corrected chi connectivity index (χ2v) is 7.84. The normalized spacial score (nSPS) is 25.5. The second-order valence-electron chi connectivity index (χ2n) is 7.43. The number of benzene rings is 2. The molecule has 2 aromatic carbocycles. The Balaban J connectivity index is 1.96. The van der Waals surface area contributed by atoms with Gasteiger partial charge in [-0.05, 0) is 28.8 Å². The second kappa shape index (κ2) is 9.33. The standard InChI is InChI=1S/C21H23ClF2O7/c1-30-14-5-3-10(15(23)16(14)24)6-12-7-11(2-4-13(12)22)19-17(27)18(28)20(29)21(8-25,9-26)31-19/h2-5,7,17-20,25-29H,6,8-9H2,1H3/t17?,18-,19+,20+/m1/s1. The molecule has 2 aromatic rings. The van der Waals surface area contributed by atoms with Crippen LogP contribution in [0.25, 0.3) is 0 Å². The van der Waals surface area contributed by atoms with Crippen molar-refractivity contribution >= 4 is 11.6 Å². The Labute approximate surface area is 182 Å². The predicted molar refractivity (Wildman–Crippen MR) is 106 cm³/mol. The zero-order valence-corrected chi connectivity index (χ0v) is 17.3. The number of aliphatic hydroxyl groups excluding tert-OH is 5. The molecule has 5 N–H and O–H groups in total. The number of methoxy groups -OCH3 is 1. The van der Waals surface area contributed by atoms with Gasteiger partial charge in [-0.3, -0.25) is 0 Å². The lowest BCUT2D eigenvalue weighted by Gasteiger charge is -2.47. The monoisotopic (exact) mass is 460 g/mol. The highest BCUT2D eigenvalue weighted by Gasteiger charge is 2.53. The number of halogens is 3. The van der Waals surface area contributed by atoms with Gasteiger partial charge in [0.1, 0.15) is 30.0 Å². The Hall–Kier alpha value is -1.85. The molecule has 170 valence electrons. The van der Waals surface area contributed by atoms with Crippen molar-refractivity contribution in [3.05, 3.63) is 63.7 Å². The van der Waals surface area contributed by atoms with E-state index >= 15 is 0 Å². The lowest BCUT2D eigenvalue weighted by Crippen LogP contribution is -2.65. The molecule has 1 heterocycles. The molecule has 0 bridgehead atoms. The minimum absolute atomic E-state index is 0.0120. The van der Waals surface area contributed by atoms with Crippen molar-refractivity contribution < 1.29 is 43.8 Å². The fraction of sp³-hybridized carbons (Fsp3) is 0.429. The third kappa shape index (κ3) is 4.27. The summed E-state index contributed by atoms with van der Waals surface area (Å²) in [7, 11) is 1.22. The van der Waals surface area contributed by atoms with Crippen molar-refractivity contribution in [3.8, 4) is 5.75 Å². The van der Waals surface area contributed by atoms with E-state index in [2.05, 4.69) is 0 Å². The van der Waals surface area contributed by atoms with E-state index < -0.39 is 54.9 Å². The molecular formula is C21H23ClF2O7. The van der Waals surface area contributed by atoms with Crippen molar-refractivity contribution in [1.29, 1.82) is 0 Å². The fourth-order valence-electron chi connectivity index (χ4n) is 3.62. The average molecular weight is 461 g/mol. The number of hydrogen-bond acceptors (Lipinski definition) is 7. The average Bonchev–Trinajstić information content (AvgIpc) is 2.78. The van der Waals surface area contributed by atoms with Crippen molar-refractivity contribution in [2.75, 3.05) is 20.3 Å². The van der Waals surface area contributed by atoms with Crippen LogP contribution in [0.4, 0.5) is 8.78 Å². The molecule has 0 saturated carbocycles.